The second-order valence-corrected chi connectivity index (χ2v) is 6.46. The fourth-order valence-corrected chi connectivity index (χ4v) is 3.87. The Morgan fingerprint density at radius 3 is 2.50 bits per heavy atom. The molecule has 3 saturated carbocycles. The van der Waals surface area contributed by atoms with Gasteiger partial charge in [-0.15, -0.1) is 0 Å². The first-order valence-corrected chi connectivity index (χ1v) is 7.49. The van der Waals surface area contributed by atoms with Gasteiger partial charge in [0.05, 0.1) is 0 Å². The summed E-state index contributed by atoms with van der Waals surface area (Å²) in [5.74, 6) is 3.52. The third kappa shape index (κ3) is 2.13. The van der Waals surface area contributed by atoms with Gasteiger partial charge in [0.15, 0.2) is 0 Å². The van der Waals surface area contributed by atoms with Gasteiger partial charge in [-0.05, 0) is 61.5 Å². The molecule has 1 aromatic heterocycles. The Morgan fingerprint density at radius 1 is 1.00 bits per heavy atom. The maximum atomic E-state index is 6.14. The van der Waals surface area contributed by atoms with Crippen molar-refractivity contribution in [3.63, 3.8) is 0 Å². The second-order valence-electron chi connectivity index (χ2n) is 6.46. The highest BCUT2D eigenvalue weighted by Gasteiger charge is 2.35. The van der Waals surface area contributed by atoms with E-state index < -0.39 is 0 Å². The van der Waals surface area contributed by atoms with Gasteiger partial charge in [-0.3, -0.25) is 0 Å². The number of rotatable bonds is 3. The number of hydrogen-bond acceptors (Lipinski definition) is 2. The third-order valence-electron chi connectivity index (χ3n) is 4.94. The van der Waals surface area contributed by atoms with Gasteiger partial charge in [0.2, 0.25) is 5.88 Å². The van der Waals surface area contributed by atoms with Gasteiger partial charge < -0.3 is 4.74 Å². The van der Waals surface area contributed by atoms with Crippen molar-refractivity contribution >= 4 is 0 Å². The molecule has 0 aliphatic heterocycles. The topological polar surface area (TPSA) is 22.1 Å². The quantitative estimate of drug-likeness (QED) is 0.802. The lowest BCUT2D eigenvalue weighted by molar-refractivity contribution is 0.114. The van der Waals surface area contributed by atoms with Crippen LogP contribution in [0.5, 0.6) is 5.88 Å². The Hall–Kier alpha value is -1.05. The van der Waals surface area contributed by atoms with Gasteiger partial charge in [0, 0.05) is 12.3 Å². The van der Waals surface area contributed by atoms with Crippen molar-refractivity contribution in [2.45, 2.75) is 57.0 Å². The molecular formula is C16H21NO. The average Bonchev–Trinajstić information content (AvgIpc) is 3.16. The van der Waals surface area contributed by atoms with E-state index in [-0.39, 0.29) is 0 Å². The highest BCUT2D eigenvalue weighted by Crippen LogP contribution is 2.44. The zero-order chi connectivity index (χ0) is 11.9. The minimum absolute atomic E-state index is 0.429. The lowest BCUT2D eigenvalue weighted by atomic mass is 9.87. The largest absolute Gasteiger partial charge is 0.474 e. The van der Waals surface area contributed by atoms with E-state index >= 15 is 0 Å². The molecule has 3 atom stereocenters. The molecule has 1 unspecified atom stereocenters. The van der Waals surface area contributed by atoms with Crippen LogP contribution in [0.4, 0.5) is 0 Å². The Balaban J connectivity index is 1.45. The molecule has 0 spiro atoms. The predicted molar refractivity (Wildman–Crippen MR) is 70.7 cm³/mol. The molecule has 2 heteroatoms. The van der Waals surface area contributed by atoms with Crippen molar-refractivity contribution in [3.05, 3.63) is 23.9 Å². The summed E-state index contributed by atoms with van der Waals surface area (Å²) in [5.41, 5.74) is 1.43. The number of hydrogen-bond donors (Lipinski definition) is 0. The van der Waals surface area contributed by atoms with E-state index in [4.69, 9.17) is 4.74 Å². The molecule has 1 heterocycles. The van der Waals surface area contributed by atoms with Gasteiger partial charge in [0.1, 0.15) is 6.10 Å². The number of nitrogens with zero attached hydrogens (tertiary/aromatic N) is 1. The average molecular weight is 243 g/mol. The molecule has 1 aromatic rings. The summed E-state index contributed by atoms with van der Waals surface area (Å²) in [6, 6.07) is 4.32. The zero-order valence-electron chi connectivity index (χ0n) is 10.8. The molecule has 3 aliphatic carbocycles. The summed E-state index contributed by atoms with van der Waals surface area (Å²) in [5, 5.41) is 0. The van der Waals surface area contributed by atoms with Crippen molar-refractivity contribution in [1.29, 1.82) is 0 Å². The number of fused-ring (bicyclic) bond motifs is 2. The SMILES string of the molecule is c1cc(C2CC2)cc(OC2C[C@H]3CC[C@@H](C2)C3)n1. The van der Waals surface area contributed by atoms with Crippen LogP contribution in [0, 0.1) is 11.8 Å². The molecule has 0 aromatic carbocycles. The minimum Gasteiger partial charge on any atom is -0.474 e. The van der Waals surface area contributed by atoms with Crippen LogP contribution in [0.1, 0.15) is 56.4 Å². The van der Waals surface area contributed by atoms with Crippen LogP contribution in [0.3, 0.4) is 0 Å². The monoisotopic (exact) mass is 243 g/mol. The Morgan fingerprint density at radius 2 is 1.78 bits per heavy atom. The van der Waals surface area contributed by atoms with E-state index in [1.807, 2.05) is 6.20 Å². The first-order chi connectivity index (χ1) is 8.87. The number of pyridine rings is 1. The standard InChI is InChI=1S/C16H21NO/c1-2-12-7-11(1)8-15(9-12)18-16-10-14(5-6-17-16)13-3-4-13/h5-6,10-13,15H,1-4,7-9H2/t11-,12+,15?. The van der Waals surface area contributed by atoms with Crippen LogP contribution in [-0.2, 0) is 0 Å². The second kappa shape index (κ2) is 4.25. The summed E-state index contributed by atoms with van der Waals surface area (Å²) in [7, 11) is 0. The molecule has 18 heavy (non-hydrogen) atoms. The van der Waals surface area contributed by atoms with Crippen molar-refractivity contribution in [2.75, 3.05) is 0 Å². The summed E-state index contributed by atoms with van der Waals surface area (Å²) in [4.78, 5) is 4.39. The molecule has 0 amide bonds. The number of ether oxygens (including phenoxy) is 1. The van der Waals surface area contributed by atoms with Crippen molar-refractivity contribution in [2.24, 2.45) is 11.8 Å². The third-order valence-corrected chi connectivity index (χ3v) is 4.94. The summed E-state index contributed by atoms with van der Waals surface area (Å²) < 4.78 is 6.14. The van der Waals surface area contributed by atoms with Gasteiger partial charge >= 0.3 is 0 Å². The van der Waals surface area contributed by atoms with E-state index in [9.17, 15) is 0 Å². The normalized spacial score (nSPS) is 34.6. The van der Waals surface area contributed by atoms with Crippen molar-refractivity contribution in [1.82, 2.24) is 4.98 Å². The summed E-state index contributed by atoms with van der Waals surface area (Å²) in [6.07, 6.45) is 11.9. The Bertz CT molecular complexity index is 428. The van der Waals surface area contributed by atoms with Crippen LogP contribution in [0.25, 0.3) is 0 Å². The molecule has 0 radical (unpaired) electrons. The first kappa shape index (κ1) is 10.8. The Labute approximate surface area is 109 Å². The van der Waals surface area contributed by atoms with Gasteiger partial charge in [0.25, 0.3) is 0 Å². The van der Waals surface area contributed by atoms with E-state index in [0.29, 0.717) is 6.10 Å². The van der Waals surface area contributed by atoms with E-state index in [2.05, 4.69) is 17.1 Å². The molecule has 0 N–H and O–H groups in total. The van der Waals surface area contributed by atoms with Crippen LogP contribution >= 0.6 is 0 Å². The molecule has 2 bridgehead atoms. The lowest BCUT2D eigenvalue weighted by Crippen LogP contribution is -2.26. The highest BCUT2D eigenvalue weighted by atomic mass is 16.5. The van der Waals surface area contributed by atoms with Crippen molar-refractivity contribution in [3.8, 4) is 5.88 Å². The molecule has 0 saturated heterocycles. The number of aromatic nitrogens is 1. The van der Waals surface area contributed by atoms with Crippen LogP contribution in [-0.4, -0.2) is 11.1 Å². The highest BCUT2D eigenvalue weighted by molar-refractivity contribution is 5.27. The van der Waals surface area contributed by atoms with Gasteiger partial charge in [-0.2, -0.15) is 0 Å². The maximum absolute atomic E-state index is 6.14. The minimum atomic E-state index is 0.429. The molecule has 4 rings (SSSR count). The Kier molecular flexibility index (Phi) is 2.56. The van der Waals surface area contributed by atoms with Crippen LogP contribution in [0.15, 0.2) is 18.3 Å². The zero-order valence-corrected chi connectivity index (χ0v) is 10.8. The van der Waals surface area contributed by atoms with Crippen molar-refractivity contribution < 1.29 is 4.74 Å². The lowest BCUT2D eigenvalue weighted by Gasteiger charge is -2.27. The summed E-state index contributed by atoms with van der Waals surface area (Å²) in [6.45, 7) is 0. The molecular weight excluding hydrogens is 222 g/mol. The molecule has 96 valence electrons. The smallest absolute Gasteiger partial charge is 0.213 e. The van der Waals surface area contributed by atoms with Crippen LogP contribution in [0.2, 0.25) is 0 Å². The van der Waals surface area contributed by atoms with Gasteiger partial charge in [-0.25, -0.2) is 4.98 Å². The van der Waals surface area contributed by atoms with Gasteiger partial charge in [-0.1, -0.05) is 12.8 Å². The summed E-state index contributed by atoms with van der Waals surface area (Å²) >= 11 is 0. The maximum Gasteiger partial charge on any atom is 0.213 e. The van der Waals surface area contributed by atoms with E-state index in [1.165, 1.54) is 50.5 Å². The first-order valence-electron chi connectivity index (χ1n) is 7.49. The predicted octanol–water partition coefficient (Wildman–Crippen LogP) is 3.92. The fourth-order valence-electron chi connectivity index (χ4n) is 3.87. The fraction of sp³-hybridized carbons (Fsp3) is 0.688. The molecule has 2 nitrogen and oxygen atoms in total. The van der Waals surface area contributed by atoms with E-state index in [1.54, 1.807) is 0 Å². The molecule has 3 fully saturated rings. The van der Waals surface area contributed by atoms with E-state index in [0.717, 1.165) is 23.6 Å². The molecule has 3 aliphatic rings. The van der Waals surface area contributed by atoms with Crippen LogP contribution < -0.4 is 4.74 Å².